The highest BCUT2D eigenvalue weighted by molar-refractivity contribution is 5.96. The molecule has 0 saturated heterocycles. The highest BCUT2D eigenvalue weighted by Crippen LogP contribution is 2.26. The van der Waals surface area contributed by atoms with Gasteiger partial charge in [0.1, 0.15) is 12.1 Å². The summed E-state index contributed by atoms with van der Waals surface area (Å²) in [6.45, 7) is 4.68. The van der Waals surface area contributed by atoms with Gasteiger partial charge in [0.15, 0.2) is 11.5 Å². The Bertz CT molecular complexity index is 977. The number of nitrogens with two attached hydrogens (primary N) is 1. The molecule has 0 saturated carbocycles. The molecule has 6 N–H and O–H groups in total. The second-order valence-corrected chi connectivity index (χ2v) is 8.09. The highest BCUT2D eigenvalue weighted by atomic mass is 16.5. The minimum absolute atomic E-state index is 0.0408. The third kappa shape index (κ3) is 10.5. The number of hydrogen-bond acceptors (Lipinski definition) is 8. The van der Waals surface area contributed by atoms with E-state index in [9.17, 15) is 29.1 Å². The molecule has 12 heteroatoms. The average molecular weight is 507 g/mol. The summed E-state index contributed by atoms with van der Waals surface area (Å²) in [5.41, 5.74) is 5.73. The standard InChI is InChI=1S/C24H34N4O8/c1-5-36-24(34)16(8-10-19(25)30)27-23(33)22(14(2)3)28-21(32)13-26-20(31)11-7-15-6-9-17(29)18(12-15)35-4/h6-7,9,11-12,14,16,22,29H,5,8,10,13H2,1-4H3,(H2,25,30)(H,26,31)(H,27,33)(H,28,32)/b11-7+/t16-,22+/m1/s1. The van der Waals surface area contributed by atoms with Crippen LogP contribution >= 0.6 is 0 Å². The fourth-order valence-corrected chi connectivity index (χ4v) is 3.00. The molecule has 4 amide bonds. The molecule has 198 valence electrons. The molecule has 2 atom stereocenters. The first-order valence-corrected chi connectivity index (χ1v) is 11.4. The van der Waals surface area contributed by atoms with Crippen molar-refractivity contribution >= 4 is 35.7 Å². The normalized spacial score (nSPS) is 12.5. The predicted octanol–water partition coefficient (Wildman–Crippen LogP) is -0.0156. The summed E-state index contributed by atoms with van der Waals surface area (Å²) < 4.78 is 9.93. The number of primary amides is 1. The number of carbonyl (C=O) groups excluding carboxylic acids is 5. The van der Waals surface area contributed by atoms with Crippen LogP contribution in [0.2, 0.25) is 0 Å². The zero-order valence-electron chi connectivity index (χ0n) is 20.8. The number of ether oxygens (including phenoxy) is 2. The van der Waals surface area contributed by atoms with Gasteiger partial charge in [0.05, 0.1) is 20.3 Å². The topological polar surface area (TPSA) is 186 Å². The number of methoxy groups -OCH3 is 1. The first-order chi connectivity index (χ1) is 17.0. The largest absolute Gasteiger partial charge is 0.504 e. The van der Waals surface area contributed by atoms with Crippen molar-refractivity contribution in [1.82, 2.24) is 16.0 Å². The Hall–Kier alpha value is -4.09. The number of nitrogens with one attached hydrogen (secondary N) is 3. The van der Waals surface area contributed by atoms with Crippen LogP contribution in [-0.2, 0) is 28.7 Å². The van der Waals surface area contributed by atoms with Crippen molar-refractivity contribution in [3.8, 4) is 11.5 Å². The zero-order valence-corrected chi connectivity index (χ0v) is 20.8. The molecule has 12 nitrogen and oxygen atoms in total. The minimum Gasteiger partial charge on any atom is -0.504 e. The number of phenols is 1. The van der Waals surface area contributed by atoms with Crippen LogP contribution in [0.25, 0.3) is 6.08 Å². The maximum absolute atomic E-state index is 12.8. The molecule has 1 rings (SSSR count). The first-order valence-electron chi connectivity index (χ1n) is 11.4. The lowest BCUT2D eigenvalue weighted by atomic mass is 10.0. The fraction of sp³-hybridized carbons (Fsp3) is 0.458. The van der Waals surface area contributed by atoms with Crippen molar-refractivity contribution in [2.45, 2.75) is 45.7 Å². The molecule has 0 heterocycles. The number of rotatable bonds is 14. The Morgan fingerprint density at radius 1 is 1.14 bits per heavy atom. The van der Waals surface area contributed by atoms with Crippen LogP contribution in [0, 0.1) is 5.92 Å². The quantitative estimate of drug-likeness (QED) is 0.172. The summed E-state index contributed by atoms with van der Waals surface area (Å²) in [5, 5.41) is 17.0. The molecule has 1 aromatic rings. The maximum Gasteiger partial charge on any atom is 0.328 e. The fourth-order valence-electron chi connectivity index (χ4n) is 3.00. The van der Waals surface area contributed by atoms with E-state index >= 15 is 0 Å². The van der Waals surface area contributed by atoms with Crippen molar-refractivity contribution in [1.29, 1.82) is 0 Å². The molecule has 0 aliphatic rings. The second kappa shape index (κ2) is 15.0. The molecule has 0 aromatic heterocycles. The van der Waals surface area contributed by atoms with Crippen molar-refractivity contribution in [2.75, 3.05) is 20.3 Å². The number of esters is 1. The molecule has 36 heavy (non-hydrogen) atoms. The summed E-state index contributed by atoms with van der Waals surface area (Å²) in [5.74, 6) is -3.33. The van der Waals surface area contributed by atoms with Gasteiger partial charge in [0.25, 0.3) is 0 Å². The molecule has 0 aliphatic carbocycles. The SMILES string of the molecule is CCOC(=O)[C@@H](CCC(N)=O)NC(=O)[C@@H](NC(=O)CNC(=O)/C=C/c1ccc(O)c(OC)c1)C(C)C. The van der Waals surface area contributed by atoms with Gasteiger partial charge in [0, 0.05) is 12.5 Å². The number of amides is 4. The van der Waals surface area contributed by atoms with E-state index in [4.69, 9.17) is 15.2 Å². The summed E-state index contributed by atoms with van der Waals surface area (Å²) in [7, 11) is 1.40. The highest BCUT2D eigenvalue weighted by Gasteiger charge is 2.29. The third-order valence-corrected chi connectivity index (χ3v) is 4.89. The summed E-state index contributed by atoms with van der Waals surface area (Å²) in [6, 6.07) is 2.41. The van der Waals surface area contributed by atoms with Gasteiger partial charge in [-0.3, -0.25) is 19.2 Å². The summed E-state index contributed by atoms with van der Waals surface area (Å²) in [4.78, 5) is 60.5. The maximum atomic E-state index is 12.8. The van der Waals surface area contributed by atoms with Crippen molar-refractivity contribution in [2.24, 2.45) is 11.7 Å². The van der Waals surface area contributed by atoms with Gasteiger partial charge in [-0.1, -0.05) is 19.9 Å². The van der Waals surface area contributed by atoms with E-state index in [1.54, 1.807) is 26.8 Å². The van der Waals surface area contributed by atoms with Gasteiger partial charge in [-0.2, -0.15) is 0 Å². The smallest absolute Gasteiger partial charge is 0.328 e. The lowest BCUT2D eigenvalue weighted by molar-refractivity contribution is -0.148. The number of phenolic OH excluding ortho intramolecular Hbond substituents is 1. The number of hydrogen-bond donors (Lipinski definition) is 5. The van der Waals surface area contributed by atoms with E-state index in [1.807, 2.05) is 0 Å². The van der Waals surface area contributed by atoms with Crippen LogP contribution in [0.15, 0.2) is 24.3 Å². The van der Waals surface area contributed by atoms with E-state index in [-0.39, 0.29) is 36.9 Å². The number of aromatic hydroxyl groups is 1. The monoisotopic (exact) mass is 506 g/mol. The molecule has 0 radical (unpaired) electrons. The van der Waals surface area contributed by atoms with Gasteiger partial charge in [0.2, 0.25) is 23.6 Å². The van der Waals surface area contributed by atoms with Crippen LogP contribution in [0.4, 0.5) is 0 Å². The summed E-state index contributed by atoms with van der Waals surface area (Å²) in [6.07, 6.45) is 2.49. The van der Waals surface area contributed by atoms with E-state index in [0.717, 1.165) is 0 Å². The third-order valence-electron chi connectivity index (χ3n) is 4.89. The number of benzene rings is 1. The van der Waals surface area contributed by atoms with E-state index in [2.05, 4.69) is 16.0 Å². The average Bonchev–Trinajstić information content (AvgIpc) is 2.82. The first kappa shape index (κ1) is 29.9. The number of carbonyl (C=O) groups is 5. The van der Waals surface area contributed by atoms with E-state index < -0.39 is 48.2 Å². The Kier molecular flexibility index (Phi) is 12.5. The van der Waals surface area contributed by atoms with Gasteiger partial charge >= 0.3 is 5.97 Å². The molecular weight excluding hydrogens is 472 g/mol. The molecule has 0 fully saturated rings. The predicted molar refractivity (Wildman–Crippen MR) is 130 cm³/mol. The van der Waals surface area contributed by atoms with Crippen molar-refractivity contribution < 1.29 is 38.6 Å². The minimum atomic E-state index is -1.11. The molecule has 0 spiro atoms. The lowest BCUT2D eigenvalue weighted by Crippen LogP contribution is -2.55. The molecular formula is C24H34N4O8. The van der Waals surface area contributed by atoms with Gasteiger partial charge < -0.3 is 36.3 Å². The van der Waals surface area contributed by atoms with Crippen molar-refractivity contribution in [3.63, 3.8) is 0 Å². The van der Waals surface area contributed by atoms with Crippen LogP contribution in [0.3, 0.4) is 0 Å². The Balaban J connectivity index is 2.70. The Labute approximate surface area is 209 Å². The lowest BCUT2D eigenvalue weighted by Gasteiger charge is -2.24. The van der Waals surface area contributed by atoms with E-state index in [1.165, 1.54) is 31.4 Å². The van der Waals surface area contributed by atoms with Gasteiger partial charge in [-0.05, 0) is 43.0 Å². The van der Waals surface area contributed by atoms with Gasteiger partial charge in [-0.15, -0.1) is 0 Å². The zero-order chi connectivity index (χ0) is 27.3. The second-order valence-electron chi connectivity index (χ2n) is 8.09. The van der Waals surface area contributed by atoms with Crippen LogP contribution in [-0.4, -0.2) is 67.0 Å². The molecule has 1 aromatic carbocycles. The Morgan fingerprint density at radius 2 is 1.83 bits per heavy atom. The van der Waals surface area contributed by atoms with Crippen LogP contribution in [0.5, 0.6) is 11.5 Å². The summed E-state index contributed by atoms with van der Waals surface area (Å²) >= 11 is 0. The van der Waals surface area contributed by atoms with Crippen LogP contribution < -0.4 is 26.4 Å². The molecule has 0 aliphatic heterocycles. The van der Waals surface area contributed by atoms with E-state index in [0.29, 0.717) is 5.56 Å². The van der Waals surface area contributed by atoms with Crippen LogP contribution in [0.1, 0.15) is 39.2 Å². The molecule has 0 bridgehead atoms. The van der Waals surface area contributed by atoms with Crippen molar-refractivity contribution in [3.05, 3.63) is 29.8 Å². The van der Waals surface area contributed by atoms with Gasteiger partial charge in [-0.25, -0.2) is 4.79 Å². The Morgan fingerprint density at radius 3 is 2.42 bits per heavy atom. The molecule has 0 unspecified atom stereocenters.